The van der Waals surface area contributed by atoms with Gasteiger partial charge in [-0.3, -0.25) is 4.90 Å². The van der Waals surface area contributed by atoms with Gasteiger partial charge in [0.05, 0.1) is 6.61 Å². The molecule has 6 heteroatoms. The van der Waals surface area contributed by atoms with Crippen LogP contribution in [-0.2, 0) is 6.42 Å². The summed E-state index contributed by atoms with van der Waals surface area (Å²) in [6, 6.07) is 8.02. The smallest absolute Gasteiger partial charge is 0.191 e. The number of nitrogens with zero attached hydrogens (tertiary/aromatic N) is 2. The van der Waals surface area contributed by atoms with Crippen molar-refractivity contribution in [2.45, 2.75) is 13.3 Å². The van der Waals surface area contributed by atoms with Crippen molar-refractivity contribution in [3.05, 3.63) is 41.4 Å². The largest absolute Gasteiger partial charge is 0.494 e. The molecule has 106 valence electrons. The van der Waals surface area contributed by atoms with Gasteiger partial charge < -0.3 is 10.5 Å². The molecule has 0 aliphatic carbocycles. The van der Waals surface area contributed by atoms with Gasteiger partial charge in [-0.15, -0.1) is 11.3 Å². The molecule has 1 heterocycles. The van der Waals surface area contributed by atoms with Gasteiger partial charge in [-0.05, 0) is 37.2 Å². The highest BCUT2D eigenvalue weighted by Gasteiger charge is 2.13. The molecule has 1 aromatic heterocycles. The third-order valence-electron chi connectivity index (χ3n) is 2.79. The van der Waals surface area contributed by atoms with E-state index in [2.05, 4.69) is 11.1 Å². The summed E-state index contributed by atoms with van der Waals surface area (Å²) in [5, 5.41) is 3.08. The van der Waals surface area contributed by atoms with Crippen molar-refractivity contribution >= 4 is 33.8 Å². The van der Waals surface area contributed by atoms with E-state index in [-0.39, 0.29) is 0 Å². The molecular formula is C14H17N3OS2. The van der Waals surface area contributed by atoms with E-state index >= 15 is 0 Å². The van der Waals surface area contributed by atoms with Gasteiger partial charge in [0.25, 0.3) is 0 Å². The first-order chi connectivity index (χ1) is 9.72. The summed E-state index contributed by atoms with van der Waals surface area (Å²) >= 11 is 6.63. The Labute approximate surface area is 128 Å². The zero-order valence-corrected chi connectivity index (χ0v) is 12.9. The lowest BCUT2D eigenvalue weighted by molar-refractivity contribution is 0.336. The van der Waals surface area contributed by atoms with E-state index in [1.54, 1.807) is 6.20 Å². The minimum atomic E-state index is 0.342. The van der Waals surface area contributed by atoms with Crippen LogP contribution in [0.15, 0.2) is 35.8 Å². The SMILES string of the molecule is CCOc1ccccc1CCN(C(N)=S)c1nccs1. The van der Waals surface area contributed by atoms with Gasteiger partial charge in [-0.1, -0.05) is 18.2 Å². The Morgan fingerprint density at radius 3 is 2.90 bits per heavy atom. The van der Waals surface area contributed by atoms with Gasteiger partial charge in [-0.2, -0.15) is 0 Å². The van der Waals surface area contributed by atoms with Crippen molar-refractivity contribution in [3.8, 4) is 5.75 Å². The van der Waals surface area contributed by atoms with Crippen LogP contribution in [0.3, 0.4) is 0 Å². The number of hydrogen-bond donors (Lipinski definition) is 1. The topological polar surface area (TPSA) is 51.4 Å². The molecule has 0 spiro atoms. The number of hydrogen-bond acceptors (Lipinski definition) is 4. The maximum absolute atomic E-state index is 5.78. The number of thiazole rings is 1. The highest BCUT2D eigenvalue weighted by molar-refractivity contribution is 7.80. The average molecular weight is 307 g/mol. The third kappa shape index (κ3) is 3.68. The molecule has 1 aromatic carbocycles. The Kier molecular flexibility index (Phi) is 5.31. The molecule has 0 bridgehead atoms. The molecule has 20 heavy (non-hydrogen) atoms. The number of ether oxygens (including phenoxy) is 1. The number of anilines is 1. The highest BCUT2D eigenvalue weighted by Crippen LogP contribution is 2.21. The number of thiocarbonyl (C=S) groups is 1. The lowest BCUT2D eigenvalue weighted by atomic mass is 10.1. The molecule has 0 saturated heterocycles. The van der Waals surface area contributed by atoms with E-state index in [1.165, 1.54) is 11.3 Å². The third-order valence-corrected chi connectivity index (χ3v) is 3.81. The second-order valence-electron chi connectivity index (χ2n) is 4.10. The molecular weight excluding hydrogens is 290 g/mol. The van der Waals surface area contributed by atoms with E-state index in [9.17, 15) is 0 Å². The predicted octanol–water partition coefficient (Wildman–Crippen LogP) is 2.83. The van der Waals surface area contributed by atoms with E-state index in [4.69, 9.17) is 22.7 Å². The molecule has 4 nitrogen and oxygen atoms in total. The quantitative estimate of drug-likeness (QED) is 0.832. The predicted molar refractivity (Wildman–Crippen MR) is 87.6 cm³/mol. The van der Waals surface area contributed by atoms with E-state index in [1.807, 2.05) is 35.4 Å². The van der Waals surface area contributed by atoms with Gasteiger partial charge in [0.15, 0.2) is 10.2 Å². The first-order valence-corrected chi connectivity index (χ1v) is 7.68. The Morgan fingerprint density at radius 1 is 1.45 bits per heavy atom. The fourth-order valence-electron chi connectivity index (χ4n) is 1.89. The summed E-state index contributed by atoms with van der Waals surface area (Å²) in [5.41, 5.74) is 6.93. The van der Waals surface area contributed by atoms with Crippen LogP contribution >= 0.6 is 23.6 Å². The Balaban J connectivity index is 2.08. The van der Waals surface area contributed by atoms with Crippen LogP contribution in [0.1, 0.15) is 12.5 Å². The van der Waals surface area contributed by atoms with Gasteiger partial charge in [-0.25, -0.2) is 4.98 Å². The zero-order valence-electron chi connectivity index (χ0n) is 11.3. The molecule has 0 saturated carbocycles. The molecule has 2 N–H and O–H groups in total. The summed E-state index contributed by atoms with van der Waals surface area (Å²) in [6.07, 6.45) is 2.55. The fraction of sp³-hybridized carbons (Fsp3) is 0.286. The number of para-hydroxylation sites is 1. The second kappa shape index (κ2) is 7.21. The molecule has 0 atom stereocenters. The summed E-state index contributed by atoms with van der Waals surface area (Å²) in [5.74, 6) is 0.914. The van der Waals surface area contributed by atoms with Crippen LogP contribution in [0.4, 0.5) is 5.13 Å². The Bertz CT molecular complexity index is 557. The Morgan fingerprint density at radius 2 is 2.25 bits per heavy atom. The van der Waals surface area contributed by atoms with Gasteiger partial charge in [0.2, 0.25) is 0 Å². The van der Waals surface area contributed by atoms with Crippen molar-refractivity contribution in [1.82, 2.24) is 4.98 Å². The van der Waals surface area contributed by atoms with Gasteiger partial charge in [0.1, 0.15) is 5.75 Å². The summed E-state index contributed by atoms with van der Waals surface area (Å²) in [6.45, 7) is 3.32. The number of benzene rings is 1. The zero-order chi connectivity index (χ0) is 14.4. The van der Waals surface area contributed by atoms with Crippen molar-refractivity contribution in [1.29, 1.82) is 0 Å². The van der Waals surface area contributed by atoms with Crippen molar-refractivity contribution < 1.29 is 4.74 Å². The molecule has 0 aliphatic heterocycles. The van der Waals surface area contributed by atoms with Crippen LogP contribution in [0, 0.1) is 0 Å². The van der Waals surface area contributed by atoms with Crippen LogP contribution in [0.2, 0.25) is 0 Å². The molecule has 0 amide bonds. The van der Waals surface area contributed by atoms with Crippen LogP contribution < -0.4 is 15.4 Å². The van der Waals surface area contributed by atoms with E-state index in [0.29, 0.717) is 18.3 Å². The summed E-state index contributed by atoms with van der Waals surface area (Å²) in [4.78, 5) is 6.10. The van der Waals surface area contributed by atoms with Crippen molar-refractivity contribution in [3.63, 3.8) is 0 Å². The lowest BCUT2D eigenvalue weighted by Gasteiger charge is -2.20. The van der Waals surface area contributed by atoms with Crippen LogP contribution in [0.25, 0.3) is 0 Å². The maximum atomic E-state index is 5.78. The Hall–Kier alpha value is -1.66. The standard InChI is InChI=1S/C14H17N3OS2/c1-2-18-12-6-4-3-5-11(12)7-9-17(13(15)19)14-16-8-10-20-14/h3-6,8,10H,2,7,9H2,1H3,(H2,15,19). The minimum absolute atomic E-state index is 0.342. The molecule has 0 radical (unpaired) electrons. The minimum Gasteiger partial charge on any atom is -0.494 e. The molecule has 2 rings (SSSR count). The van der Waals surface area contributed by atoms with Crippen LogP contribution in [0.5, 0.6) is 5.75 Å². The fourth-order valence-corrected chi connectivity index (χ4v) is 2.81. The number of rotatable bonds is 6. The first kappa shape index (κ1) is 14.7. The average Bonchev–Trinajstić information content (AvgIpc) is 2.94. The number of aromatic nitrogens is 1. The molecule has 2 aromatic rings. The monoisotopic (exact) mass is 307 g/mol. The van der Waals surface area contributed by atoms with E-state index < -0.39 is 0 Å². The second-order valence-corrected chi connectivity index (χ2v) is 5.39. The molecule has 0 aliphatic rings. The normalized spacial score (nSPS) is 10.2. The molecule has 0 unspecified atom stereocenters. The van der Waals surface area contributed by atoms with Crippen molar-refractivity contribution in [2.24, 2.45) is 5.73 Å². The molecule has 0 fully saturated rings. The number of nitrogens with two attached hydrogens (primary N) is 1. The van der Waals surface area contributed by atoms with Crippen LogP contribution in [-0.4, -0.2) is 23.2 Å². The summed E-state index contributed by atoms with van der Waals surface area (Å²) < 4.78 is 5.62. The lowest BCUT2D eigenvalue weighted by Crippen LogP contribution is -2.37. The van der Waals surface area contributed by atoms with Crippen molar-refractivity contribution in [2.75, 3.05) is 18.1 Å². The van der Waals surface area contributed by atoms with Gasteiger partial charge in [0, 0.05) is 18.1 Å². The van der Waals surface area contributed by atoms with E-state index in [0.717, 1.165) is 22.9 Å². The maximum Gasteiger partial charge on any atom is 0.191 e. The highest BCUT2D eigenvalue weighted by atomic mass is 32.1. The summed E-state index contributed by atoms with van der Waals surface area (Å²) in [7, 11) is 0. The first-order valence-electron chi connectivity index (χ1n) is 6.39. The van der Waals surface area contributed by atoms with Gasteiger partial charge >= 0.3 is 0 Å².